The number of carboxylic acid groups (broad SMARTS) is 1. The Bertz CT molecular complexity index is 665. The van der Waals surface area contributed by atoms with E-state index in [1.54, 1.807) is 18.2 Å². The van der Waals surface area contributed by atoms with Crippen molar-refractivity contribution >= 4 is 11.9 Å². The molecule has 0 bridgehead atoms. The summed E-state index contributed by atoms with van der Waals surface area (Å²) in [6.07, 6.45) is -0.127. The van der Waals surface area contributed by atoms with E-state index in [1.807, 2.05) is 0 Å². The summed E-state index contributed by atoms with van der Waals surface area (Å²) in [5.41, 5.74) is 6.53. The van der Waals surface area contributed by atoms with Crippen LogP contribution in [0.25, 0.3) is 11.3 Å². The van der Waals surface area contributed by atoms with Crippen LogP contribution >= 0.6 is 0 Å². The van der Waals surface area contributed by atoms with E-state index in [9.17, 15) is 9.59 Å². The Morgan fingerprint density at radius 1 is 1.40 bits per heavy atom. The molecule has 0 aliphatic heterocycles. The van der Waals surface area contributed by atoms with Gasteiger partial charge in [-0.05, 0) is 17.7 Å². The SMILES string of the molecule is COc1cc(CC(=O)O)ccc1-c1n[nH]nc1C(N)=O. The van der Waals surface area contributed by atoms with Crippen LogP contribution in [0.4, 0.5) is 0 Å². The summed E-state index contributed by atoms with van der Waals surface area (Å²) in [6.45, 7) is 0. The lowest BCUT2D eigenvalue weighted by molar-refractivity contribution is -0.136. The maximum Gasteiger partial charge on any atom is 0.307 e. The van der Waals surface area contributed by atoms with Crippen LogP contribution < -0.4 is 10.5 Å². The Morgan fingerprint density at radius 2 is 2.15 bits per heavy atom. The van der Waals surface area contributed by atoms with E-state index in [2.05, 4.69) is 15.4 Å². The van der Waals surface area contributed by atoms with Crippen LogP contribution in [0.1, 0.15) is 16.1 Å². The summed E-state index contributed by atoms with van der Waals surface area (Å²) in [4.78, 5) is 21.9. The molecule has 4 N–H and O–H groups in total. The molecule has 0 aliphatic carbocycles. The predicted octanol–water partition coefficient (Wildman–Crippen LogP) is 0.206. The van der Waals surface area contributed by atoms with Crippen molar-refractivity contribution in [3.8, 4) is 17.0 Å². The second kappa shape index (κ2) is 5.39. The van der Waals surface area contributed by atoms with Crippen LogP contribution in [0.15, 0.2) is 18.2 Å². The van der Waals surface area contributed by atoms with Gasteiger partial charge in [0.05, 0.1) is 13.5 Å². The number of carbonyl (C=O) groups excluding carboxylic acids is 1. The van der Waals surface area contributed by atoms with Crippen molar-refractivity contribution in [2.24, 2.45) is 5.73 Å². The van der Waals surface area contributed by atoms with Crippen LogP contribution in [-0.2, 0) is 11.2 Å². The molecule has 1 aromatic heterocycles. The van der Waals surface area contributed by atoms with Gasteiger partial charge in [-0.2, -0.15) is 15.4 Å². The number of rotatable bonds is 5. The largest absolute Gasteiger partial charge is 0.496 e. The lowest BCUT2D eigenvalue weighted by Gasteiger charge is -2.08. The summed E-state index contributed by atoms with van der Waals surface area (Å²) in [5.74, 6) is -1.27. The first-order chi connectivity index (χ1) is 9.52. The molecule has 20 heavy (non-hydrogen) atoms. The Labute approximate surface area is 113 Å². The fourth-order valence-corrected chi connectivity index (χ4v) is 1.81. The topological polar surface area (TPSA) is 131 Å². The Morgan fingerprint density at radius 3 is 2.75 bits per heavy atom. The molecule has 1 aromatic carbocycles. The third kappa shape index (κ3) is 2.58. The lowest BCUT2D eigenvalue weighted by atomic mass is 10.0. The van der Waals surface area contributed by atoms with Gasteiger partial charge in [-0.25, -0.2) is 0 Å². The van der Waals surface area contributed by atoms with Gasteiger partial charge in [-0.1, -0.05) is 6.07 Å². The third-order valence-corrected chi connectivity index (χ3v) is 2.66. The van der Waals surface area contributed by atoms with Gasteiger partial charge in [0.1, 0.15) is 11.4 Å². The number of nitrogens with two attached hydrogens (primary N) is 1. The summed E-state index contributed by atoms with van der Waals surface area (Å²) in [6, 6.07) is 4.80. The van der Waals surface area contributed by atoms with Crippen molar-refractivity contribution in [3.05, 3.63) is 29.5 Å². The fraction of sp³-hybridized carbons (Fsp3) is 0.167. The maximum absolute atomic E-state index is 11.2. The average Bonchev–Trinajstić information content (AvgIpc) is 2.87. The Balaban J connectivity index is 2.49. The number of hydrogen-bond donors (Lipinski definition) is 3. The number of hydrogen-bond acceptors (Lipinski definition) is 5. The molecule has 1 amide bonds. The number of primary amides is 1. The van der Waals surface area contributed by atoms with Crippen molar-refractivity contribution in [2.75, 3.05) is 7.11 Å². The minimum atomic E-state index is -0.945. The minimum absolute atomic E-state index is 0.00529. The summed E-state index contributed by atoms with van der Waals surface area (Å²) >= 11 is 0. The Hall–Kier alpha value is -2.90. The van der Waals surface area contributed by atoms with Gasteiger partial charge in [0.2, 0.25) is 0 Å². The van der Waals surface area contributed by atoms with E-state index in [-0.39, 0.29) is 17.8 Å². The van der Waals surface area contributed by atoms with E-state index in [0.717, 1.165) is 0 Å². The highest BCUT2D eigenvalue weighted by Crippen LogP contribution is 2.31. The van der Waals surface area contributed by atoms with Crippen LogP contribution in [0.5, 0.6) is 5.75 Å². The van der Waals surface area contributed by atoms with Crippen molar-refractivity contribution in [3.63, 3.8) is 0 Å². The van der Waals surface area contributed by atoms with Gasteiger partial charge in [0.15, 0.2) is 5.69 Å². The number of nitrogens with one attached hydrogen (secondary N) is 1. The average molecular weight is 276 g/mol. The van der Waals surface area contributed by atoms with Crippen molar-refractivity contribution < 1.29 is 19.4 Å². The van der Waals surface area contributed by atoms with Crippen LogP contribution in [-0.4, -0.2) is 39.5 Å². The number of carboxylic acids is 1. The molecule has 8 heteroatoms. The zero-order valence-electron chi connectivity index (χ0n) is 10.6. The van der Waals surface area contributed by atoms with Crippen LogP contribution in [0.2, 0.25) is 0 Å². The van der Waals surface area contributed by atoms with Crippen molar-refractivity contribution in [1.29, 1.82) is 0 Å². The highest BCUT2D eigenvalue weighted by molar-refractivity contribution is 5.97. The van der Waals surface area contributed by atoms with Gasteiger partial charge in [0, 0.05) is 5.56 Å². The first kappa shape index (κ1) is 13.5. The summed E-state index contributed by atoms with van der Waals surface area (Å²) in [5, 5.41) is 18.6. The third-order valence-electron chi connectivity index (χ3n) is 2.66. The molecule has 0 radical (unpaired) electrons. The molecule has 8 nitrogen and oxygen atoms in total. The normalized spacial score (nSPS) is 10.2. The van der Waals surface area contributed by atoms with Gasteiger partial charge in [-0.3, -0.25) is 9.59 Å². The highest BCUT2D eigenvalue weighted by atomic mass is 16.5. The number of aromatic amines is 1. The minimum Gasteiger partial charge on any atom is -0.496 e. The van der Waals surface area contributed by atoms with E-state index in [4.69, 9.17) is 15.6 Å². The number of methoxy groups -OCH3 is 1. The summed E-state index contributed by atoms with van der Waals surface area (Å²) in [7, 11) is 1.44. The second-order valence-corrected chi connectivity index (χ2v) is 3.99. The molecule has 2 rings (SSSR count). The standard InChI is InChI=1S/C12H12N4O4/c1-20-8-4-6(5-9(17)18)2-3-7(8)10-11(12(13)19)15-16-14-10/h2-4H,5H2,1H3,(H2,13,19)(H,17,18)(H,14,15,16). The highest BCUT2D eigenvalue weighted by Gasteiger charge is 2.19. The molecule has 1 heterocycles. The predicted molar refractivity (Wildman–Crippen MR) is 68.2 cm³/mol. The molecule has 104 valence electrons. The molecular formula is C12H12N4O4. The van der Waals surface area contributed by atoms with Crippen LogP contribution in [0, 0.1) is 0 Å². The zero-order valence-corrected chi connectivity index (χ0v) is 10.6. The van der Waals surface area contributed by atoms with Gasteiger partial charge in [-0.15, -0.1) is 0 Å². The molecule has 0 unspecified atom stereocenters. The number of aliphatic carboxylic acids is 1. The summed E-state index contributed by atoms with van der Waals surface area (Å²) < 4.78 is 5.20. The Kier molecular flexibility index (Phi) is 3.65. The monoisotopic (exact) mass is 276 g/mol. The number of nitrogens with zero attached hydrogens (tertiary/aromatic N) is 2. The number of carbonyl (C=O) groups is 2. The van der Waals surface area contributed by atoms with Gasteiger partial charge in [0.25, 0.3) is 5.91 Å². The first-order valence-corrected chi connectivity index (χ1v) is 5.62. The molecular weight excluding hydrogens is 264 g/mol. The number of aromatic nitrogens is 3. The van der Waals surface area contributed by atoms with E-state index < -0.39 is 11.9 Å². The first-order valence-electron chi connectivity index (χ1n) is 5.62. The quantitative estimate of drug-likeness (QED) is 0.715. The van der Waals surface area contributed by atoms with E-state index in [1.165, 1.54) is 7.11 Å². The van der Waals surface area contributed by atoms with Crippen molar-refractivity contribution in [1.82, 2.24) is 15.4 Å². The second-order valence-electron chi connectivity index (χ2n) is 3.99. The van der Waals surface area contributed by atoms with Gasteiger partial charge < -0.3 is 15.6 Å². The zero-order chi connectivity index (χ0) is 14.7. The van der Waals surface area contributed by atoms with Gasteiger partial charge >= 0.3 is 5.97 Å². The van der Waals surface area contributed by atoms with Crippen molar-refractivity contribution in [2.45, 2.75) is 6.42 Å². The maximum atomic E-state index is 11.2. The molecule has 0 atom stereocenters. The fourth-order valence-electron chi connectivity index (χ4n) is 1.81. The molecule has 2 aromatic rings. The number of ether oxygens (including phenoxy) is 1. The molecule has 0 fully saturated rings. The molecule has 0 aliphatic rings. The van der Waals surface area contributed by atoms with E-state index in [0.29, 0.717) is 16.9 Å². The lowest BCUT2D eigenvalue weighted by Crippen LogP contribution is -2.13. The number of benzene rings is 1. The van der Waals surface area contributed by atoms with Crippen LogP contribution in [0.3, 0.4) is 0 Å². The molecule has 0 spiro atoms. The molecule has 0 saturated heterocycles. The van der Waals surface area contributed by atoms with E-state index >= 15 is 0 Å². The molecule has 0 saturated carbocycles. The number of amides is 1. The smallest absolute Gasteiger partial charge is 0.307 e. The number of H-pyrrole nitrogens is 1.